The summed E-state index contributed by atoms with van der Waals surface area (Å²) in [4.78, 5) is 6.16. The first-order chi connectivity index (χ1) is 12.7. The molecule has 0 unspecified atom stereocenters. The molecule has 5 heteroatoms. The second-order valence-electron chi connectivity index (χ2n) is 6.42. The molecule has 3 nitrogen and oxygen atoms in total. The van der Waals surface area contributed by atoms with Crippen LogP contribution in [-0.4, -0.2) is 9.55 Å². The maximum absolute atomic E-state index is 6.06. The lowest BCUT2D eigenvalue weighted by molar-refractivity contribution is 0.729. The molecular weight excluding hydrogens is 362 g/mol. The van der Waals surface area contributed by atoms with Gasteiger partial charge in [0.05, 0.1) is 17.1 Å². The number of fused-ring (bicyclic) bond motifs is 3. The van der Waals surface area contributed by atoms with Gasteiger partial charge in [0.15, 0.2) is 0 Å². The number of allylic oxidation sites excluding steroid dienone is 1. The number of hydrogen-bond acceptors (Lipinski definition) is 3. The van der Waals surface area contributed by atoms with Crippen molar-refractivity contribution in [3.63, 3.8) is 0 Å². The minimum absolute atomic E-state index is 0.115. The van der Waals surface area contributed by atoms with Crippen LogP contribution in [0.2, 0.25) is 5.02 Å². The van der Waals surface area contributed by atoms with Crippen LogP contribution in [-0.2, 0) is 0 Å². The maximum atomic E-state index is 6.06. The molecule has 128 valence electrons. The standard InChI is InChI=1S/C21H16ClN3S/c1-13-10-11-26-20(13)19-12-17(14-6-8-15(22)9-7-14)24-21-23-16-4-2-3-5-18(16)25(19)21/h2-12,19H,1H3,(H,23,24)/t19-/m0/s1. The number of aryl methyl sites for hydroxylation is 1. The second kappa shape index (κ2) is 6.01. The molecule has 4 aromatic rings. The number of hydrogen-bond donors (Lipinski definition) is 1. The van der Waals surface area contributed by atoms with Crippen molar-refractivity contribution >= 4 is 45.6 Å². The van der Waals surface area contributed by atoms with E-state index >= 15 is 0 Å². The molecule has 0 radical (unpaired) electrons. The first-order valence-electron chi connectivity index (χ1n) is 8.46. The van der Waals surface area contributed by atoms with Crippen LogP contribution in [0, 0.1) is 6.92 Å². The fourth-order valence-electron chi connectivity index (χ4n) is 3.49. The zero-order valence-electron chi connectivity index (χ0n) is 14.1. The van der Waals surface area contributed by atoms with Crippen molar-refractivity contribution in [3.8, 4) is 0 Å². The first kappa shape index (κ1) is 15.7. The second-order valence-corrected chi connectivity index (χ2v) is 7.80. The minimum Gasteiger partial charge on any atom is -0.325 e. The Morgan fingerprint density at radius 1 is 1.08 bits per heavy atom. The molecule has 0 bridgehead atoms. The SMILES string of the molecule is Cc1ccsc1[C@@H]1C=C(c2ccc(Cl)cc2)Nc2nc3ccccc3n21. The Hall–Kier alpha value is -2.56. The molecule has 0 saturated carbocycles. The first-order valence-corrected chi connectivity index (χ1v) is 9.72. The molecule has 0 aliphatic carbocycles. The maximum Gasteiger partial charge on any atom is 0.209 e. The van der Waals surface area contributed by atoms with Crippen molar-refractivity contribution in [1.82, 2.24) is 9.55 Å². The molecule has 1 atom stereocenters. The van der Waals surface area contributed by atoms with Crippen molar-refractivity contribution < 1.29 is 0 Å². The van der Waals surface area contributed by atoms with Crippen molar-refractivity contribution in [2.45, 2.75) is 13.0 Å². The van der Waals surface area contributed by atoms with Crippen molar-refractivity contribution in [3.05, 3.63) is 87.1 Å². The quantitative estimate of drug-likeness (QED) is 0.456. The summed E-state index contributed by atoms with van der Waals surface area (Å²) in [6.07, 6.45) is 2.28. The van der Waals surface area contributed by atoms with E-state index in [0.717, 1.165) is 33.3 Å². The number of benzene rings is 2. The van der Waals surface area contributed by atoms with Crippen LogP contribution in [0.1, 0.15) is 22.0 Å². The Kier molecular flexibility index (Phi) is 3.62. The number of rotatable bonds is 2. The van der Waals surface area contributed by atoms with Crippen LogP contribution < -0.4 is 5.32 Å². The fourth-order valence-corrected chi connectivity index (χ4v) is 4.60. The molecule has 0 amide bonds. The number of nitrogens with zero attached hydrogens (tertiary/aromatic N) is 2. The number of halogens is 1. The van der Waals surface area contributed by atoms with Gasteiger partial charge < -0.3 is 5.32 Å². The van der Waals surface area contributed by atoms with E-state index in [9.17, 15) is 0 Å². The number of nitrogens with one attached hydrogen (secondary N) is 1. The predicted octanol–water partition coefficient (Wildman–Crippen LogP) is 6.12. The van der Waals surface area contributed by atoms with Gasteiger partial charge in [-0.3, -0.25) is 4.57 Å². The average Bonchev–Trinajstić information content (AvgIpc) is 3.24. The van der Waals surface area contributed by atoms with E-state index in [1.807, 2.05) is 30.3 Å². The van der Waals surface area contributed by atoms with Gasteiger partial charge in [0.1, 0.15) is 0 Å². The van der Waals surface area contributed by atoms with Gasteiger partial charge in [0, 0.05) is 15.6 Å². The van der Waals surface area contributed by atoms with E-state index in [4.69, 9.17) is 16.6 Å². The van der Waals surface area contributed by atoms with Crippen LogP contribution in [0.5, 0.6) is 0 Å². The number of aromatic nitrogens is 2. The highest BCUT2D eigenvalue weighted by molar-refractivity contribution is 7.10. The third kappa shape index (κ3) is 2.45. The zero-order chi connectivity index (χ0) is 17.7. The Morgan fingerprint density at radius 3 is 2.65 bits per heavy atom. The molecule has 3 heterocycles. The molecule has 2 aromatic heterocycles. The van der Waals surface area contributed by atoms with Gasteiger partial charge in [0.25, 0.3) is 0 Å². The monoisotopic (exact) mass is 377 g/mol. The van der Waals surface area contributed by atoms with Crippen LogP contribution in [0.4, 0.5) is 5.95 Å². The highest BCUT2D eigenvalue weighted by atomic mass is 35.5. The highest BCUT2D eigenvalue weighted by Crippen LogP contribution is 2.39. The Morgan fingerprint density at radius 2 is 1.88 bits per heavy atom. The lowest BCUT2D eigenvalue weighted by atomic mass is 10.0. The Balaban J connectivity index is 1.73. The van der Waals surface area contributed by atoms with Gasteiger partial charge in [-0.05, 0) is 59.8 Å². The largest absolute Gasteiger partial charge is 0.325 e. The molecule has 0 spiro atoms. The van der Waals surface area contributed by atoms with Crippen molar-refractivity contribution in [2.75, 3.05) is 5.32 Å². The van der Waals surface area contributed by atoms with Crippen LogP contribution >= 0.6 is 22.9 Å². The lowest BCUT2D eigenvalue weighted by Gasteiger charge is -2.26. The lowest BCUT2D eigenvalue weighted by Crippen LogP contribution is -2.18. The summed E-state index contributed by atoms with van der Waals surface area (Å²) in [7, 11) is 0. The van der Waals surface area contributed by atoms with Crippen molar-refractivity contribution in [2.24, 2.45) is 0 Å². The molecule has 0 saturated heterocycles. The molecule has 1 aliphatic rings. The van der Waals surface area contributed by atoms with Crippen molar-refractivity contribution in [1.29, 1.82) is 0 Å². The summed E-state index contributed by atoms with van der Waals surface area (Å²) in [6, 6.07) is 18.5. The van der Waals surface area contributed by atoms with Gasteiger partial charge in [-0.2, -0.15) is 0 Å². The van der Waals surface area contributed by atoms with Crippen LogP contribution in [0.25, 0.3) is 16.7 Å². The normalized spacial score (nSPS) is 16.2. The smallest absolute Gasteiger partial charge is 0.209 e. The van der Waals surface area contributed by atoms with Gasteiger partial charge in [0.2, 0.25) is 5.95 Å². The summed E-state index contributed by atoms with van der Waals surface area (Å²) in [6.45, 7) is 2.17. The minimum atomic E-state index is 0.115. The number of thiophene rings is 1. The Labute approximate surface area is 160 Å². The van der Waals surface area contributed by atoms with E-state index in [-0.39, 0.29) is 6.04 Å². The van der Waals surface area contributed by atoms with Gasteiger partial charge in [-0.25, -0.2) is 4.98 Å². The summed E-state index contributed by atoms with van der Waals surface area (Å²) in [5.41, 5.74) is 5.60. The van der Waals surface area contributed by atoms with Crippen LogP contribution in [0.3, 0.4) is 0 Å². The number of anilines is 1. The third-order valence-electron chi connectivity index (χ3n) is 4.77. The average molecular weight is 378 g/mol. The summed E-state index contributed by atoms with van der Waals surface area (Å²) < 4.78 is 2.29. The van der Waals surface area contributed by atoms with E-state index < -0.39 is 0 Å². The molecule has 26 heavy (non-hydrogen) atoms. The number of para-hydroxylation sites is 2. The summed E-state index contributed by atoms with van der Waals surface area (Å²) in [5, 5.41) is 6.40. The zero-order valence-corrected chi connectivity index (χ0v) is 15.7. The van der Waals surface area contributed by atoms with Crippen LogP contribution in [0.15, 0.2) is 66.1 Å². The predicted molar refractivity (Wildman–Crippen MR) is 110 cm³/mol. The Bertz CT molecular complexity index is 1140. The molecular formula is C21H16ClN3S. The van der Waals surface area contributed by atoms with E-state index in [2.05, 4.69) is 52.5 Å². The molecule has 1 aliphatic heterocycles. The highest BCUT2D eigenvalue weighted by Gasteiger charge is 2.26. The summed E-state index contributed by atoms with van der Waals surface area (Å²) >= 11 is 7.85. The fraction of sp³-hybridized carbons (Fsp3) is 0.0952. The molecule has 5 rings (SSSR count). The van der Waals surface area contributed by atoms with Gasteiger partial charge in [-0.15, -0.1) is 11.3 Å². The van der Waals surface area contributed by atoms with E-state index in [1.54, 1.807) is 11.3 Å². The molecule has 0 fully saturated rings. The third-order valence-corrected chi connectivity index (χ3v) is 6.11. The van der Waals surface area contributed by atoms with E-state index in [1.165, 1.54) is 10.4 Å². The van der Waals surface area contributed by atoms with Gasteiger partial charge >= 0.3 is 0 Å². The summed E-state index contributed by atoms with van der Waals surface area (Å²) in [5.74, 6) is 0.872. The molecule has 2 aromatic carbocycles. The van der Waals surface area contributed by atoms with E-state index in [0.29, 0.717) is 0 Å². The number of imidazole rings is 1. The topological polar surface area (TPSA) is 29.9 Å². The molecule has 1 N–H and O–H groups in total. The van der Waals surface area contributed by atoms with Gasteiger partial charge in [-0.1, -0.05) is 35.9 Å².